The molecule has 0 unspecified atom stereocenters. The lowest BCUT2D eigenvalue weighted by Gasteiger charge is -2.12. The number of hydrogen-bond donors (Lipinski definition) is 0. The number of para-hydroxylation sites is 1. The van der Waals surface area contributed by atoms with Gasteiger partial charge in [0.1, 0.15) is 25.0 Å². The zero-order chi connectivity index (χ0) is 15.1. The molecule has 4 nitrogen and oxygen atoms in total. The van der Waals surface area contributed by atoms with Gasteiger partial charge in [0.2, 0.25) is 0 Å². The molecule has 108 valence electrons. The van der Waals surface area contributed by atoms with Crippen molar-refractivity contribution in [2.24, 2.45) is 0 Å². The molecule has 21 heavy (non-hydrogen) atoms. The van der Waals surface area contributed by atoms with Gasteiger partial charge in [0.25, 0.3) is 0 Å². The monoisotopic (exact) mass is 283 g/mol. The first-order valence-electron chi connectivity index (χ1n) is 6.64. The van der Waals surface area contributed by atoms with E-state index in [2.05, 4.69) is 6.07 Å². The molecule has 0 saturated carbocycles. The van der Waals surface area contributed by atoms with E-state index in [9.17, 15) is 0 Å². The average Bonchev–Trinajstić information content (AvgIpc) is 2.53. The normalized spacial score (nSPS) is 9.76. The first-order valence-corrected chi connectivity index (χ1v) is 6.64. The maximum Gasteiger partial charge on any atom is 0.179 e. The van der Waals surface area contributed by atoms with Gasteiger partial charge >= 0.3 is 0 Å². The highest BCUT2D eigenvalue weighted by atomic mass is 16.5. The van der Waals surface area contributed by atoms with E-state index >= 15 is 0 Å². The molecule has 2 rings (SSSR count). The molecule has 0 aromatic heterocycles. The van der Waals surface area contributed by atoms with Crippen LogP contribution in [0.2, 0.25) is 0 Å². The number of methoxy groups -OCH3 is 1. The van der Waals surface area contributed by atoms with Gasteiger partial charge in [-0.25, -0.2) is 0 Å². The summed E-state index contributed by atoms with van der Waals surface area (Å²) < 4.78 is 16.4. The van der Waals surface area contributed by atoms with Gasteiger partial charge < -0.3 is 14.2 Å². The van der Waals surface area contributed by atoms with Crippen molar-refractivity contribution in [2.45, 2.75) is 6.92 Å². The third kappa shape index (κ3) is 3.90. The highest BCUT2D eigenvalue weighted by Gasteiger charge is 2.10. The van der Waals surface area contributed by atoms with Crippen molar-refractivity contribution < 1.29 is 14.2 Å². The van der Waals surface area contributed by atoms with Gasteiger partial charge in [-0.05, 0) is 31.2 Å². The van der Waals surface area contributed by atoms with Gasteiger partial charge in [-0.2, -0.15) is 5.26 Å². The van der Waals surface area contributed by atoms with Crippen molar-refractivity contribution in [2.75, 3.05) is 20.3 Å². The van der Waals surface area contributed by atoms with Crippen LogP contribution in [0.3, 0.4) is 0 Å². The number of aryl methyl sites for hydroxylation is 1. The second kappa shape index (κ2) is 7.20. The van der Waals surface area contributed by atoms with Crippen molar-refractivity contribution in [1.82, 2.24) is 0 Å². The zero-order valence-electron chi connectivity index (χ0n) is 12.1. The van der Waals surface area contributed by atoms with E-state index < -0.39 is 0 Å². The van der Waals surface area contributed by atoms with E-state index in [4.69, 9.17) is 19.5 Å². The highest BCUT2D eigenvalue weighted by Crippen LogP contribution is 2.30. The lowest BCUT2D eigenvalue weighted by atomic mass is 10.2. The Labute approximate surface area is 124 Å². The van der Waals surface area contributed by atoms with E-state index in [-0.39, 0.29) is 0 Å². The summed E-state index contributed by atoms with van der Waals surface area (Å²) in [6.07, 6.45) is 0. The van der Waals surface area contributed by atoms with Crippen LogP contribution in [0, 0.1) is 18.3 Å². The van der Waals surface area contributed by atoms with Crippen LogP contribution < -0.4 is 14.2 Å². The molecule has 0 spiro atoms. The Hall–Kier alpha value is -2.67. The molecule has 0 N–H and O–H groups in total. The summed E-state index contributed by atoms with van der Waals surface area (Å²) in [6.45, 7) is 2.76. The molecule has 0 aliphatic heterocycles. The summed E-state index contributed by atoms with van der Waals surface area (Å²) in [7, 11) is 1.55. The summed E-state index contributed by atoms with van der Waals surface area (Å²) in [5, 5.41) is 9.08. The summed E-state index contributed by atoms with van der Waals surface area (Å²) >= 11 is 0. The van der Waals surface area contributed by atoms with E-state index in [1.165, 1.54) is 5.56 Å². The summed E-state index contributed by atoms with van der Waals surface area (Å²) in [5.41, 5.74) is 1.64. The quantitative estimate of drug-likeness (QED) is 0.763. The Bertz CT molecular complexity index is 629. The van der Waals surface area contributed by atoms with Crippen LogP contribution in [-0.2, 0) is 0 Å². The van der Waals surface area contributed by atoms with Crippen LogP contribution in [-0.4, -0.2) is 20.3 Å². The molecule has 2 aromatic carbocycles. The predicted molar refractivity (Wildman–Crippen MR) is 79.9 cm³/mol. The Kier molecular flexibility index (Phi) is 5.05. The van der Waals surface area contributed by atoms with Crippen molar-refractivity contribution in [1.29, 1.82) is 5.26 Å². The Balaban J connectivity index is 1.92. The standard InChI is InChI=1S/C17H17NO3/c1-13-6-8-15(9-7-13)20-10-11-21-17-14(12-18)4-3-5-16(17)19-2/h3-9H,10-11H2,1-2H3. The first-order chi connectivity index (χ1) is 10.2. The molecule has 0 saturated heterocycles. The average molecular weight is 283 g/mol. The Morgan fingerprint density at radius 2 is 1.71 bits per heavy atom. The minimum Gasteiger partial charge on any atom is -0.493 e. The molecule has 0 radical (unpaired) electrons. The van der Waals surface area contributed by atoms with Crippen molar-refractivity contribution >= 4 is 0 Å². The highest BCUT2D eigenvalue weighted by molar-refractivity contribution is 5.52. The molecule has 0 bridgehead atoms. The van der Waals surface area contributed by atoms with Gasteiger partial charge in [0.05, 0.1) is 12.7 Å². The number of nitriles is 1. The molecule has 0 heterocycles. The first kappa shape index (κ1) is 14.7. The van der Waals surface area contributed by atoms with Crippen molar-refractivity contribution in [3.8, 4) is 23.3 Å². The van der Waals surface area contributed by atoms with Gasteiger partial charge in [0.15, 0.2) is 11.5 Å². The van der Waals surface area contributed by atoms with Gasteiger partial charge in [-0.3, -0.25) is 0 Å². The molecule has 0 aliphatic carbocycles. The van der Waals surface area contributed by atoms with E-state index in [0.717, 1.165) is 5.75 Å². The maximum absolute atomic E-state index is 9.08. The zero-order valence-corrected chi connectivity index (χ0v) is 12.1. The second-order valence-electron chi connectivity index (χ2n) is 4.46. The minimum atomic E-state index is 0.336. The lowest BCUT2D eigenvalue weighted by molar-refractivity contribution is 0.211. The van der Waals surface area contributed by atoms with Crippen LogP contribution in [0.15, 0.2) is 42.5 Å². The van der Waals surface area contributed by atoms with E-state index in [0.29, 0.717) is 30.3 Å². The van der Waals surface area contributed by atoms with E-state index in [1.807, 2.05) is 31.2 Å². The minimum absolute atomic E-state index is 0.336. The topological polar surface area (TPSA) is 51.5 Å². The number of benzene rings is 2. The SMILES string of the molecule is COc1cccc(C#N)c1OCCOc1ccc(C)cc1. The number of nitrogens with zero attached hydrogens (tertiary/aromatic N) is 1. The predicted octanol–water partition coefficient (Wildman–Crippen LogP) is 3.33. The van der Waals surface area contributed by atoms with E-state index in [1.54, 1.807) is 25.3 Å². The van der Waals surface area contributed by atoms with Crippen LogP contribution >= 0.6 is 0 Å². The number of ether oxygens (including phenoxy) is 3. The summed E-state index contributed by atoms with van der Waals surface area (Å²) in [6, 6.07) is 15.1. The molecule has 0 fully saturated rings. The number of hydrogen-bond acceptors (Lipinski definition) is 4. The van der Waals surface area contributed by atoms with Crippen LogP contribution in [0.25, 0.3) is 0 Å². The molecule has 2 aromatic rings. The van der Waals surface area contributed by atoms with Crippen molar-refractivity contribution in [3.63, 3.8) is 0 Å². The maximum atomic E-state index is 9.08. The molecule has 0 amide bonds. The van der Waals surface area contributed by atoms with Crippen molar-refractivity contribution in [3.05, 3.63) is 53.6 Å². The number of rotatable bonds is 6. The fraction of sp³-hybridized carbons (Fsp3) is 0.235. The second-order valence-corrected chi connectivity index (χ2v) is 4.46. The smallest absolute Gasteiger partial charge is 0.179 e. The third-order valence-corrected chi connectivity index (χ3v) is 2.94. The Morgan fingerprint density at radius 1 is 1.00 bits per heavy atom. The van der Waals surface area contributed by atoms with Gasteiger partial charge in [-0.1, -0.05) is 23.8 Å². The molecular weight excluding hydrogens is 266 g/mol. The summed E-state index contributed by atoms with van der Waals surface area (Å²) in [4.78, 5) is 0. The molecule has 4 heteroatoms. The largest absolute Gasteiger partial charge is 0.493 e. The van der Waals surface area contributed by atoms with Crippen LogP contribution in [0.5, 0.6) is 17.2 Å². The van der Waals surface area contributed by atoms with Gasteiger partial charge in [-0.15, -0.1) is 0 Å². The van der Waals surface area contributed by atoms with Crippen LogP contribution in [0.1, 0.15) is 11.1 Å². The molecule has 0 aliphatic rings. The third-order valence-electron chi connectivity index (χ3n) is 2.94. The fourth-order valence-corrected chi connectivity index (χ4v) is 1.85. The lowest BCUT2D eigenvalue weighted by Crippen LogP contribution is -2.10. The van der Waals surface area contributed by atoms with Gasteiger partial charge in [0, 0.05) is 0 Å². The molecule has 0 atom stereocenters. The molecular formula is C17H17NO3. The fourth-order valence-electron chi connectivity index (χ4n) is 1.85. The Morgan fingerprint density at radius 3 is 2.38 bits per heavy atom. The summed E-state index contributed by atoms with van der Waals surface area (Å²) in [5.74, 6) is 1.80. The van der Waals surface area contributed by atoms with Crippen LogP contribution in [0.4, 0.5) is 0 Å².